The zero-order valence-electron chi connectivity index (χ0n) is 9.00. The van der Waals surface area contributed by atoms with Crippen molar-refractivity contribution >= 4 is 43.5 Å². The Morgan fingerprint density at radius 2 is 2.00 bits per heavy atom. The second-order valence-electron chi connectivity index (χ2n) is 3.66. The van der Waals surface area contributed by atoms with E-state index in [1.165, 1.54) is 6.07 Å². The summed E-state index contributed by atoms with van der Waals surface area (Å²) in [5.41, 5.74) is 6.95. The van der Waals surface area contributed by atoms with Crippen LogP contribution in [-0.4, -0.2) is 4.98 Å². The van der Waals surface area contributed by atoms with E-state index in [9.17, 15) is 4.39 Å². The number of nitrogens with zero attached hydrogens (tertiary/aromatic N) is 1. The summed E-state index contributed by atoms with van der Waals surface area (Å²) in [5.74, 6) is -0.438. The van der Waals surface area contributed by atoms with Gasteiger partial charge in [-0.1, -0.05) is 17.7 Å². The van der Waals surface area contributed by atoms with Crippen LogP contribution < -0.4 is 5.73 Å². The maximum atomic E-state index is 13.8. The predicted molar refractivity (Wildman–Crippen MR) is 77.1 cm³/mol. The van der Waals surface area contributed by atoms with Crippen molar-refractivity contribution in [3.8, 4) is 0 Å². The molecule has 0 amide bonds. The Morgan fingerprint density at radius 1 is 1.28 bits per heavy atom. The molecule has 1 atom stereocenters. The Bertz CT molecular complexity index is 541. The quantitative estimate of drug-likeness (QED) is 0.818. The van der Waals surface area contributed by atoms with Crippen molar-refractivity contribution in [3.05, 3.63) is 61.5 Å². The molecular formula is C12H8Br2ClFN2. The molecule has 0 aliphatic heterocycles. The molecule has 0 spiro atoms. The summed E-state index contributed by atoms with van der Waals surface area (Å²) in [5, 5.41) is 0.339. The molecule has 1 aromatic heterocycles. The van der Waals surface area contributed by atoms with Crippen LogP contribution in [0.1, 0.15) is 17.3 Å². The van der Waals surface area contributed by atoms with Crippen molar-refractivity contribution in [1.82, 2.24) is 4.98 Å². The molecule has 0 bridgehead atoms. The average Bonchev–Trinajstić information content (AvgIpc) is 2.28. The van der Waals surface area contributed by atoms with Gasteiger partial charge in [-0.2, -0.15) is 0 Å². The molecule has 2 aromatic rings. The molecule has 1 heterocycles. The molecule has 1 unspecified atom stereocenters. The average molecular weight is 394 g/mol. The molecule has 0 fully saturated rings. The number of nitrogens with two attached hydrogens (primary N) is 1. The van der Waals surface area contributed by atoms with Gasteiger partial charge in [-0.05, 0) is 50.1 Å². The summed E-state index contributed by atoms with van der Waals surface area (Å²) in [7, 11) is 0. The normalized spacial score (nSPS) is 12.5. The molecule has 0 aliphatic rings. The Morgan fingerprint density at radius 3 is 2.61 bits per heavy atom. The molecule has 2 rings (SSSR count). The minimum Gasteiger partial charge on any atom is -0.319 e. The molecule has 1 aromatic carbocycles. The van der Waals surface area contributed by atoms with Gasteiger partial charge in [0.05, 0.1) is 11.7 Å². The smallest absolute Gasteiger partial charge is 0.129 e. The number of rotatable bonds is 2. The number of hydrogen-bond donors (Lipinski definition) is 1. The van der Waals surface area contributed by atoms with Crippen LogP contribution >= 0.6 is 43.5 Å². The van der Waals surface area contributed by atoms with E-state index >= 15 is 0 Å². The number of aromatic nitrogens is 1. The van der Waals surface area contributed by atoms with Crippen LogP contribution in [0.25, 0.3) is 0 Å². The first kappa shape index (κ1) is 13.9. The standard InChI is InChI=1S/C12H8Br2ClFN2/c13-6-3-9(14)12(18-5-6)11(17)8-2-1-7(15)4-10(8)16/h1-5,11H,17H2. The largest absolute Gasteiger partial charge is 0.319 e. The van der Waals surface area contributed by atoms with Gasteiger partial charge < -0.3 is 5.73 Å². The zero-order valence-corrected chi connectivity index (χ0v) is 12.9. The second kappa shape index (κ2) is 5.65. The summed E-state index contributed by atoms with van der Waals surface area (Å²) in [6.45, 7) is 0. The minimum absolute atomic E-state index is 0.339. The maximum Gasteiger partial charge on any atom is 0.129 e. The molecule has 6 heteroatoms. The number of halogens is 4. The van der Waals surface area contributed by atoms with E-state index in [1.807, 2.05) is 6.07 Å². The second-order valence-corrected chi connectivity index (χ2v) is 5.87. The fourth-order valence-electron chi connectivity index (χ4n) is 1.56. The van der Waals surface area contributed by atoms with Gasteiger partial charge in [0.15, 0.2) is 0 Å². The van der Waals surface area contributed by atoms with Crippen LogP contribution in [0, 0.1) is 5.82 Å². The number of benzene rings is 1. The first-order valence-electron chi connectivity index (χ1n) is 5.00. The summed E-state index contributed by atoms with van der Waals surface area (Å²) in [6, 6.07) is 5.58. The SMILES string of the molecule is NC(c1ccc(Cl)cc1F)c1ncc(Br)cc1Br. The van der Waals surface area contributed by atoms with Crippen LogP contribution in [-0.2, 0) is 0 Å². The molecule has 2 N–H and O–H groups in total. The van der Waals surface area contributed by atoms with E-state index in [-0.39, 0.29) is 0 Å². The van der Waals surface area contributed by atoms with E-state index in [1.54, 1.807) is 18.3 Å². The third kappa shape index (κ3) is 2.91. The van der Waals surface area contributed by atoms with Crippen molar-refractivity contribution in [2.75, 3.05) is 0 Å². The monoisotopic (exact) mass is 392 g/mol. The van der Waals surface area contributed by atoms with Gasteiger partial charge in [0.1, 0.15) is 5.82 Å². The van der Waals surface area contributed by atoms with E-state index in [0.29, 0.717) is 16.3 Å². The molecule has 0 saturated heterocycles. The highest BCUT2D eigenvalue weighted by Crippen LogP contribution is 2.29. The van der Waals surface area contributed by atoms with Crippen molar-refractivity contribution in [3.63, 3.8) is 0 Å². The van der Waals surface area contributed by atoms with Gasteiger partial charge in [-0.15, -0.1) is 0 Å². The molecule has 0 aliphatic carbocycles. The molecule has 18 heavy (non-hydrogen) atoms. The van der Waals surface area contributed by atoms with Gasteiger partial charge >= 0.3 is 0 Å². The van der Waals surface area contributed by atoms with Gasteiger partial charge in [0.25, 0.3) is 0 Å². The fourth-order valence-corrected chi connectivity index (χ4v) is 2.95. The van der Waals surface area contributed by atoms with Crippen LogP contribution in [0.5, 0.6) is 0 Å². The van der Waals surface area contributed by atoms with Crippen LogP contribution in [0.3, 0.4) is 0 Å². The molecule has 94 valence electrons. The van der Waals surface area contributed by atoms with Crippen molar-refractivity contribution in [2.24, 2.45) is 5.73 Å². The lowest BCUT2D eigenvalue weighted by Crippen LogP contribution is -2.15. The first-order valence-corrected chi connectivity index (χ1v) is 6.97. The Kier molecular flexibility index (Phi) is 4.37. The summed E-state index contributed by atoms with van der Waals surface area (Å²) in [6.07, 6.45) is 1.62. The summed E-state index contributed by atoms with van der Waals surface area (Å²) < 4.78 is 15.3. The molecular weight excluding hydrogens is 386 g/mol. The van der Waals surface area contributed by atoms with Crippen LogP contribution in [0.4, 0.5) is 4.39 Å². The number of hydrogen-bond acceptors (Lipinski definition) is 2. The Hall–Kier alpha value is -0.490. The van der Waals surface area contributed by atoms with Gasteiger partial charge in [0, 0.05) is 25.7 Å². The third-order valence-corrected chi connectivity index (χ3v) is 3.73. The topological polar surface area (TPSA) is 38.9 Å². The van der Waals surface area contributed by atoms with E-state index in [2.05, 4.69) is 36.8 Å². The van der Waals surface area contributed by atoms with E-state index in [0.717, 1.165) is 8.95 Å². The van der Waals surface area contributed by atoms with Crippen molar-refractivity contribution < 1.29 is 4.39 Å². The summed E-state index contributed by atoms with van der Waals surface area (Å²) in [4.78, 5) is 4.20. The van der Waals surface area contributed by atoms with E-state index < -0.39 is 11.9 Å². The summed E-state index contributed by atoms with van der Waals surface area (Å²) >= 11 is 12.4. The minimum atomic E-state index is -0.648. The van der Waals surface area contributed by atoms with Crippen molar-refractivity contribution in [2.45, 2.75) is 6.04 Å². The highest BCUT2D eigenvalue weighted by molar-refractivity contribution is 9.11. The Balaban J connectivity index is 2.44. The van der Waals surface area contributed by atoms with Crippen molar-refractivity contribution in [1.29, 1.82) is 0 Å². The molecule has 0 radical (unpaired) electrons. The van der Waals surface area contributed by atoms with E-state index in [4.69, 9.17) is 17.3 Å². The first-order chi connectivity index (χ1) is 8.49. The highest BCUT2D eigenvalue weighted by Gasteiger charge is 2.17. The maximum absolute atomic E-state index is 13.8. The van der Waals surface area contributed by atoms with Gasteiger partial charge in [-0.25, -0.2) is 4.39 Å². The Labute approximate surface area is 126 Å². The third-order valence-electron chi connectivity index (χ3n) is 2.43. The molecule has 2 nitrogen and oxygen atoms in total. The zero-order chi connectivity index (χ0) is 13.3. The lowest BCUT2D eigenvalue weighted by Gasteiger charge is -2.14. The lowest BCUT2D eigenvalue weighted by atomic mass is 10.0. The van der Waals surface area contributed by atoms with Crippen LogP contribution in [0.15, 0.2) is 39.4 Å². The fraction of sp³-hybridized carbons (Fsp3) is 0.0833. The van der Waals surface area contributed by atoms with Gasteiger partial charge in [-0.3, -0.25) is 4.98 Å². The van der Waals surface area contributed by atoms with Crippen LogP contribution in [0.2, 0.25) is 5.02 Å². The lowest BCUT2D eigenvalue weighted by molar-refractivity contribution is 0.597. The molecule has 0 saturated carbocycles. The number of pyridine rings is 1. The predicted octanol–water partition coefficient (Wildman–Crippen LogP) is 4.45. The highest BCUT2D eigenvalue weighted by atomic mass is 79.9. The van der Waals surface area contributed by atoms with Gasteiger partial charge in [0.2, 0.25) is 0 Å².